The number of carbonyl (C=O) groups excluding carboxylic acids is 2. The van der Waals surface area contributed by atoms with Gasteiger partial charge in [-0.2, -0.15) is 0 Å². The van der Waals surface area contributed by atoms with Gasteiger partial charge in [0, 0.05) is 18.7 Å². The highest BCUT2D eigenvalue weighted by molar-refractivity contribution is 5.95. The molecule has 7 heteroatoms. The maximum absolute atomic E-state index is 13.2. The molecule has 0 aliphatic heterocycles. The van der Waals surface area contributed by atoms with Crippen LogP contribution < -0.4 is 19.5 Å². The number of nitrogens with zero attached hydrogens (tertiary/aromatic N) is 1. The molecule has 2 amide bonds. The Kier molecular flexibility index (Phi) is 9.31. The number of amides is 2. The van der Waals surface area contributed by atoms with Crippen LogP contribution in [0.1, 0.15) is 15.9 Å². The number of hydrogen-bond acceptors (Lipinski definition) is 5. The van der Waals surface area contributed by atoms with Crippen molar-refractivity contribution in [2.45, 2.75) is 6.42 Å². The SMILES string of the molecule is C=CCN(CCc1ccccc1)C(=O)c1ccc(OCC(=O)Nc2ccccc2OC)c(OC)c1. The number of para-hydroxylation sites is 2. The van der Waals surface area contributed by atoms with Crippen molar-refractivity contribution in [1.82, 2.24) is 4.90 Å². The van der Waals surface area contributed by atoms with Crippen LogP contribution in [-0.2, 0) is 11.2 Å². The van der Waals surface area contributed by atoms with Gasteiger partial charge in [-0.1, -0.05) is 48.5 Å². The molecule has 0 unspecified atom stereocenters. The minimum absolute atomic E-state index is 0.139. The van der Waals surface area contributed by atoms with E-state index >= 15 is 0 Å². The van der Waals surface area contributed by atoms with Gasteiger partial charge in [0.15, 0.2) is 18.1 Å². The molecule has 0 aliphatic carbocycles. The molecule has 0 bridgehead atoms. The van der Waals surface area contributed by atoms with Gasteiger partial charge in [-0.05, 0) is 42.3 Å². The topological polar surface area (TPSA) is 77.1 Å². The summed E-state index contributed by atoms with van der Waals surface area (Å²) in [6.45, 7) is 4.52. The zero-order valence-corrected chi connectivity index (χ0v) is 20.0. The molecule has 0 atom stereocenters. The first-order valence-electron chi connectivity index (χ1n) is 11.2. The summed E-state index contributed by atoms with van der Waals surface area (Å²) in [6.07, 6.45) is 2.44. The molecule has 3 aromatic carbocycles. The Bertz CT molecular complexity index is 1150. The zero-order chi connectivity index (χ0) is 25.0. The fraction of sp³-hybridized carbons (Fsp3) is 0.214. The summed E-state index contributed by atoms with van der Waals surface area (Å²) in [4.78, 5) is 27.3. The van der Waals surface area contributed by atoms with Gasteiger partial charge in [-0.15, -0.1) is 6.58 Å². The molecule has 7 nitrogen and oxygen atoms in total. The Balaban J connectivity index is 1.65. The van der Waals surface area contributed by atoms with Crippen LogP contribution in [0.15, 0.2) is 85.5 Å². The van der Waals surface area contributed by atoms with Crippen LogP contribution in [0.2, 0.25) is 0 Å². The molecule has 3 rings (SSSR count). The summed E-state index contributed by atoms with van der Waals surface area (Å²) in [5, 5.41) is 2.76. The summed E-state index contributed by atoms with van der Waals surface area (Å²) in [7, 11) is 3.02. The summed E-state index contributed by atoms with van der Waals surface area (Å²) in [5.41, 5.74) is 2.17. The molecule has 0 saturated carbocycles. The van der Waals surface area contributed by atoms with E-state index in [1.54, 1.807) is 47.4 Å². The number of ether oxygens (including phenoxy) is 3. The smallest absolute Gasteiger partial charge is 0.262 e. The zero-order valence-electron chi connectivity index (χ0n) is 20.0. The van der Waals surface area contributed by atoms with Crippen molar-refractivity contribution in [3.05, 3.63) is 96.6 Å². The maximum atomic E-state index is 13.2. The number of rotatable bonds is 12. The van der Waals surface area contributed by atoms with Crippen LogP contribution in [0, 0.1) is 0 Å². The van der Waals surface area contributed by atoms with E-state index in [9.17, 15) is 9.59 Å². The average molecular weight is 475 g/mol. The molecule has 1 N–H and O–H groups in total. The number of nitrogens with one attached hydrogen (secondary N) is 1. The number of anilines is 1. The van der Waals surface area contributed by atoms with Crippen molar-refractivity contribution in [2.75, 3.05) is 39.2 Å². The predicted molar refractivity (Wildman–Crippen MR) is 136 cm³/mol. The Morgan fingerprint density at radius 1 is 0.914 bits per heavy atom. The molecular weight excluding hydrogens is 444 g/mol. The molecule has 0 spiro atoms. The van der Waals surface area contributed by atoms with E-state index in [-0.39, 0.29) is 18.4 Å². The van der Waals surface area contributed by atoms with Crippen LogP contribution in [0.4, 0.5) is 5.69 Å². The van der Waals surface area contributed by atoms with Gasteiger partial charge in [0.1, 0.15) is 5.75 Å². The van der Waals surface area contributed by atoms with E-state index in [2.05, 4.69) is 11.9 Å². The Hall–Kier alpha value is -4.26. The second-order valence-corrected chi connectivity index (χ2v) is 7.68. The van der Waals surface area contributed by atoms with Crippen LogP contribution in [0.5, 0.6) is 17.2 Å². The van der Waals surface area contributed by atoms with Gasteiger partial charge in [0.25, 0.3) is 11.8 Å². The minimum atomic E-state index is -0.352. The third-order valence-electron chi connectivity index (χ3n) is 5.30. The maximum Gasteiger partial charge on any atom is 0.262 e. The molecule has 0 fully saturated rings. The standard InChI is InChI=1S/C28H30N2O5/c1-4-17-30(18-16-21-10-6-5-7-11-21)28(32)22-14-15-25(26(19-22)34-3)35-20-27(31)29-23-12-8-9-13-24(23)33-2/h4-15,19H,1,16-18,20H2,2-3H3,(H,29,31). The number of methoxy groups -OCH3 is 2. The lowest BCUT2D eigenvalue weighted by Gasteiger charge is -2.22. The van der Waals surface area contributed by atoms with Crippen LogP contribution in [0.25, 0.3) is 0 Å². The van der Waals surface area contributed by atoms with Crippen LogP contribution in [-0.4, -0.2) is 50.6 Å². The minimum Gasteiger partial charge on any atom is -0.495 e. The normalized spacial score (nSPS) is 10.2. The molecule has 0 aromatic heterocycles. The molecule has 182 valence electrons. The second-order valence-electron chi connectivity index (χ2n) is 7.68. The molecule has 3 aromatic rings. The van der Waals surface area contributed by atoms with Gasteiger partial charge in [0.2, 0.25) is 0 Å². The lowest BCUT2D eigenvalue weighted by molar-refractivity contribution is -0.118. The first-order valence-corrected chi connectivity index (χ1v) is 11.2. The van der Waals surface area contributed by atoms with Crippen molar-refractivity contribution in [1.29, 1.82) is 0 Å². The largest absolute Gasteiger partial charge is 0.495 e. The fourth-order valence-electron chi connectivity index (χ4n) is 3.52. The average Bonchev–Trinajstić information content (AvgIpc) is 2.90. The van der Waals surface area contributed by atoms with E-state index in [1.807, 2.05) is 36.4 Å². The van der Waals surface area contributed by atoms with Gasteiger partial charge < -0.3 is 24.4 Å². The summed E-state index contributed by atoms with van der Waals surface area (Å²) in [5.74, 6) is 0.786. The summed E-state index contributed by atoms with van der Waals surface area (Å²) >= 11 is 0. The first kappa shape index (κ1) is 25.4. The molecular formula is C28H30N2O5. The Labute approximate surface area is 205 Å². The predicted octanol–water partition coefficient (Wildman–Crippen LogP) is 4.59. The molecule has 0 radical (unpaired) electrons. The van der Waals surface area contributed by atoms with Crippen molar-refractivity contribution < 1.29 is 23.8 Å². The number of benzene rings is 3. The van der Waals surface area contributed by atoms with E-state index in [1.165, 1.54) is 14.2 Å². The fourth-order valence-corrected chi connectivity index (χ4v) is 3.52. The van der Waals surface area contributed by atoms with Gasteiger partial charge in [-0.25, -0.2) is 0 Å². The van der Waals surface area contributed by atoms with Crippen molar-refractivity contribution >= 4 is 17.5 Å². The number of carbonyl (C=O) groups is 2. The lowest BCUT2D eigenvalue weighted by Crippen LogP contribution is -2.33. The third kappa shape index (κ3) is 7.11. The Morgan fingerprint density at radius 3 is 2.34 bits per heavy atom. The van der Waals surface area contributed by atoms with Gasteiger partial charge in [0.05, 0.1) is 19.9 Å². The van der Waals surface area contributed by atoms with Gasteiger partial charge in [-0.3, -0.25) is 9.59 Å². The Morgan fingerprint density at radius 2 is 1.63 bits per heavy atom. The highest BCUT2D eigenvalue weighted by Gasteiger charge is 2.18. The highest BCUT2D eigenvalue weighted by atomic mass is 16.5. The van der Waals surface area contributed by atoms with Crippen LogP contribution >= 0.6 is 0 Å². The molecule has 0 saturated heterocycles. The number of hydrogen-bond donors (Lipinski definition) is 1. The first-order chi connectivity index (χ1) is 17.0. The molecule has 0 heterocycles. The van der Waals surface area contributed by atoms with Crippen molar-refractivity contribution in [3.63, 3.8) is 0 Å². The van der Waals surface area contributed by atoms with Gasteiger partial charge >= 0.3 is 0 Å². The highest BCUT2D eigenvalue weighted by Crippen LogP contribution is 2.29. The van der Waals surface area contributed by atoms with E-state index in [4.69, 9.17) is 14.2 Å². The summed E-state index contributed by atoms with van der Waals surface area (Å²) < 4.78 is 16.3. The molecule has 0 aliphatic rings. The summed E-state index contributed by atoms with van der Waals surface area (Å²) in [6, 6.07) is 22.0. The van der Waals surface area contributed by atoms with E-state index in [0.717, 1.165) is 12.0 Å². The van der Waals surface area contributed by atoms with Crippen molar-refractivity contribution in [2.24, 2.45) is 0 Å². The monoisotopic (exact) mass is 474 g/mol. The van der Waals surface area contributed by atoms with E-state index in [0.29, 0.717) is 41.6 Å². The quantitative estimate of drug-likeness (QED) is 0.389. The second kappa shape index (κ2) is 12.8. The molecule has 35 heavy (non-hydrogen) atoms. The van der Waals surface area contributed by atoms with Crippen molar-refractivity contribution in [3.8, 4) is 17.2 Å². The van der Waals surface area contributed by atoms with E-state index < -0.39 is 0 Å². The lowest BCUT2D eigenvalue weighted by atomic mass is 10.1. The third-order valence-corrected chi connectivity index (χ3v) is 5.30. The van der Waals surface area contributed by atoms with Crippen LogP contribution in [0.3, 0.4) is 0 Å².